The van der Waals surface area contributed by atoms with Crippen LogP contribution in [0.25, 0.3) is 22.2 Å². The monoisotopic (exact) mass is 347 g/mol. The molecule has 8 nitrogen and oxygen atoms in total. The van der Waals surface area contributed by atoms with Crippen LogP contribution in [-0.2, 0) is 23.5 Å². The van der Waals surface area contributed by atoms with Crippen LogP contribution in [0.2, 0.25) is 0 Å². The van der Waals surface area contributed by atoms with Gasteiger partial charge in [-0.1, -0.05) is 0 Å². The number of aromatic nitrogens is 4. The van der Waals surface area contributed by atoms with Crippen LogP contribution in [0.1, 0.15) is 5.56 Å². The first-order valence-electron chi connectivity index (χ1n) is 7.11. The molecule has 0 bridgehead atoms. The van der Waals surface area contributed by atoms with Crippen molar-refractivity contribution in [3.8, 4) is 11.3 Å². The lowest BCUT2D eigenvalue weighted by atomic mass is 10.1. The summed E-state index contributed by atoms with van der Waals surface area (Å²) in [4.78, 5) is 20.7. The second kappa shape index (κ2) is 5.53. The first-order valence-corrected chi connectivity index (χ1v) is 9.08. The van der Waals surface area contributed by atoms with Gasteiger partial charge in [0, 0.05) is 42.8 Å². The quantitative estimate of drug-likeness (QED) is 0.689. The van der Waals surface area contributed by atoms with E-state index in [9.17, 15) is 14.1 Å². The fourth-order valence-electron chi connectivity index (χ4n) is 2.61. The normalized spacial score (nSPS) is 14.0. The zero-order valence-corrected chi connectivity index (χ0v) is 14.3. The van der Waals surface area contributed by atoms with Crippen LogP contribution in [0.3, 0.4) is 0 Å². The van der Waals surface area contributed by atoms with Crippen molar-refractivity contribution in [2.24, 2.45) is 7.05 Å². The topological polar surface area (TPSA) is 114 Å². The molecule has 0 aliphatic rings. The van der Waals surface area contributed by atoms with Gasteiger partial charge in [0.15, 0.2) is 0 Å². The van der Waals surface area contributed by atoms with E-state index in [1.807, 2.05) is 0 Å². The minimum atomic E-state index is -3.06. The molecule has 3 aromatic heterocycles. The van der Waals surface area contributed by atoms with Gasteiger partial charge in [0.25, 0.3) is 5.56 Å². The zero-order valence-electron chi connectivity index (χ0n) is 13.5. The molecule has 1 atom stereocenters. The number of aliphatic hydroxyl groups is 1. The molecule has 0 aromatic carbocycles. The summed E-state index contributed by atoms with van der Waals surface area (Å²) < 4.78 is 22.5. The Morgan fingerprint density at radius 3 is 2.75 bits per heavy atom. The molecular formula is C15H17N5O3S. The maximum absolute atomic E-state index is 12.4. The average molecular weight is 347 g/mol. The predicted molar refractivity (Wildman–Crippen MR) is 90.2 cm³/mol. The summed E-state index contributed by atoms with van der Waals surface area (Å²) in [6.45, 7) is 1.49. The molecule has 24 heavy (non-hydrogen) atoms. The smallest absolute Gasteiger partial charge is 0.274 e. The Morgan fingerprint density at radius 2 is 2.12 bits per heavy atom. The van der Waals surface area contributed by atoms with Crippen LogP contribution in [0.15, 0.2) is 34.6 Å². The van der Waals surface area contributed by atoms with E-state index in [2.05, 4.69) is 9.97 Å². The molecule has 0 aliphatic heterocycles. The van der Waals surface area contributed by atoms with Crippen molar-refractivity contribution in [2.75, 3.05) is 6.26 Å². The average Bonchev–Trinajstić information content (AvgIpc) is 2.94. The number of rotatable bonds is 3. The second-order valence-electron chi connectivity index (χ2n) is 5.68. The van der Waals surface area contributed by atoms with Gasteiger partial charge in [-0.25, -0.2) is 19.0 Å². The van der Waals surface area contributed by atoms with Gasteiger partial charge in [0.05, 0.1) is 5.69 Å². The van der Waals surface area contributed by atoms with Crippen molar-refractivity contribution in [3.63, 3.8) is 0 Å². The van der Waals surface area contributed by atoms with Gasteiger partial charge >= 0.3 is 0 Å². The minimum absolute atomic E-state index is 0.0494. The van der Waals surface area contributed by atoms with E-state index in [4.69, 9.17) is 4.78 Å². The lowest BCUT2D eigenvalue weighted by Crippen LogP contribution is -2.19. The third-order valence-corrected chi connectivity index (χ3v) is 4.70. The van der Waals surface area contributed by atoms with Gasteiger partial charge in [0.1, 0.15) is 22.0 Å². The van der Waals surface area contributed by atoms with E-state index < -0.39 is 9.73 Å². The largest absolute Gasteiger partial charge is 0.376 e. The second-order valence-corrected chi connectivity index (χ2v) is 7.73. The van der Waals surface area contributed by atoms with Gasteiger partial charge in [-0.3, -0.25) is 4.79 Å². The highest BCUT2D eigenvalue weighted by Crippen LogP contribution is 2.28. The lowest BCUT2D eigenvalue weighted by Gasteiger charge is -2.11. The van der Waals surface area contributed by atoms with Crippen molar-refractivity contribution >= 4 is 20.6 Å². The highest BCUT2D eigenvalue weighted by Gasteiger charge is 2.17. The number of nitrogens with zero attached hydrogens (tertiary/aromatic N) is 4. The maximum atomic E-state index is 12.4. The van der Waals surface area contributed by atoms with Gasteiger partial charge in [-0.2, -0.15) is 0 Å². The van der Waals surface area contributed by atoms with E-state index in [-0.39, 0.29) is 17.4 Å². The van der Waals surface area contributed by atoms with Gasteiger partial charge in [-0.15, -0.1) is 0 Å². The molecule has 0 aliphatic carbocycles. The van der Waals surface area contributed by atoms with Crippen molar-refractivity contribution in [3.05, 3.63) is 40.6 Å². The van der Waals surface area contributed by atoms with Crippen molar-refractivity contribution in [1.82, 2.24) is 19.1 Å². The Bertz CT molecular complexity index is 1110. The molecule has 0 amide bonds. The fraction of sp³-hybridized carbons (Fsp3) is 0.267. The number of hydrogen-bond acceptors (Lipinski definition) is 6. The number of aryl methyl sites for hydroxylation is 2. The molecule has 2 N–H and O–H groups in total. The van der Waals surface area contributed by atoms with Crippen LogP contribution in [0.4, 0.5) is 0 Å². The molecule has 3 rings (SSSR count). The predicted octanol–water partition coefficient (Wildman–Crippen LogP) is 1.09. The first-order chi connectivity index (χ1) is 11.2. The van der Waals surface area contributed by atoms with Crippen molar-refractivity contribution in [1.29, 1.82) is 4.78 Å². The van der Waals surface area contributed by atoms with Crippen LogP contribution in [0.5, 0.6) is 0 Å². The number of nitrogens with one attached hydrogen (secondary N) is 1. The molecule has 0 saturated heterocycles. The Kier molecular flexibility index (Phi) is 3.77. The summed E-state index contributed by atoms with van der Waals surface area (Å²) >= 11 is 0. The first kappa shape index (κ1) is 16.3. The molecule has 0 saturated carbocycles. The van der Waals surface area contributed by atoms with E-state index in [1.54, 1.807) is 32.4 Å². The van der Waals surface area contributed by atoms with Gasteiger partial charge < -0.3 is 14.2 Å². The summed E-state index contributed by atoms with van der Waals surface area (Å²) in [6, 6.07) is 1.73. The highest BCUT2D eigenvalue weighted by atomic mass is 32.2. The number of pyridine rings is 1. The molecule has 3 heterocycles. The van der Waals surface area contributed by atoms with Crippen LogP contribution in [-0.4, -0.2) is 34.7 Å². The summed E-state index contributed by atoms with van der Waals surface area (Å²) in [6.07, 6.45) is 6.06. The summed E-state index contributed by atoms with van der Waals surface area (Å²) in [5.41, 5.74) is 2.03. The van der Waals surface area contributed by atoms with Crippen LogP contribution in [0, 0.1) is 11.7 Å². The molecule has 126 valence electrons. The third kappa shape index (κ3) is 2.51. The standard InChI is InChI=1S/C15H17N5O3S/c1-9-6-17-15(24(3,16)23)18-12(9)11-7-19(2)14(22)13-10(11)4-5-20(13)8-21/h4-7,16,21H,8H2,1-3H3. The molecule has 3 aromatic rings. The number of aliphatic hydroxyl groups excluding tert-OH is 1. The Hall–Kier alpha value is -2.52. The van der Waals surface area contributed by atoms with Gasteiger partial charge in [0.2, 0.25) is 5.16 Å². The van der Waals surface area contributed by atoms with Gasteiger partial charge in [-0.05, 0) is 18.6 Å². The Morgan fingerprint density at radius 1 is 1.42 bits per heavy atom. The Balaban J connectivity index is 2.42. The van der Waals surface area contributed by atoms with Crippen LogP contribution < -0.4 is 5.56 Å². The maximum Gasteiger partial charge on any atom is 0.274 e. The van der Waals surface area contributed by atoms with Crippen molar-refractivity contribution < 1.29 is 9.32 Å². The highest BCUT2D eigenvalue weighted by molar-refractivity contribution is 7.91. The molecule has 0 spiro atoms. The molecule has 0 radical (unpaired) electrons. The van der Waals surface area contributed by atoms with Crippen LogP contribution >= 0.6 is 0 Å². The van der Waals surface area contributed by atoms with E-state index in [0.717, 1.165) is 5.56 Å². The number of hydrogen-bond donors (Lipinski definition) is 2. The molecular weight excluding hydrogens is 330 g/mol. The van der Waals surface area contributed by atoms with E-state index >= 15 is 0 Å². The molecule has 9 heteroatoms. The Labute approximate surface area is 138 Å². The minimum Gasteiger partial charge on any atom is -0.376 e. The van der Waals surface area contributed by atoms with E-state index in [0.29, 0.717) is 22.2 Å². The van der Waals surface area contributed by atoms with Crippen molar-refractivity contribution in [2.45, 2.75) is 18.8 Å². The molecule has 0 fully saturated rings. The zero-order chi connectivity index (χ0) is 17.6. The fourth-order valence-corrected chi connectivity index (χ4v) is 3.13. The number of fused-ring (bicyclic) bond motifs is 1. The SMILES string of the molecule is Cc1cnc(S(C)(=N)=O)nc1-c1cn(C)c(=O)c2c1ccn2CO. The van der Waals surface area contributed by atoms with E-state index in [1.165, 1.54) is 21.6 Å². The lowest BCUT2D eigenvalue weighted by molar-refractivity contribution is 0.215. The summed E-state index contributed by atoms with van der Waals surface area (Å²) in [7, 11) is -1.44. The summed E-state index contributed by atoms with van der Waals surface area (Å²) in [5, 5.41) is 10.0. The summed E-state index contributed by atoms with van der Waals surface area (Å²) in [5.74, 6) is 0. The third-order valence-electron chi connectivity index (χ3n) is 3.80. The molecule has 1 unspecified atom stereocenters.